The van der Waals surface area contributed by atoms with Crippen LogP contribution in [0.3, 0.4) is 0 Å². The van der Waals surface area contributed by atoms with Crippen LogP contribution in [0.15, 0.2) is 29.5 Å². The molecule has 0 spiro atoms. The molecule has 0 aromatic carbocycles. The average molecular weight is 329 g/mol. The summed E-state index contributed by atoms with van der Waals surface area (Å²) in [7, 11) is 6.84. The normalized spacial score (nSPS) is 11.6. The maximum Gasteiger partial charge on any atom is 0.204 e. The maximum absolute atomic E-state index is 5.35. The zero-order chi connectivity index (χ0) is 13.8. The van der Waals surface area contributed by atoms with Gasteiger partial charge in [-0.05, 0) is 62.8 Å². The first kappa shape index (κ1) is 14.4. The van der Waals surface area contributed by atoms with Gasteiger partial charge in [-0.15, -0.1) is 0 Å². The molecule has 4 nitrogen and oxygen atoms in total. The topological polar surface area (TPSA) is 33.4 Å². The van der Waals surface area contributed by atoms with Crippen molar-refractivity contribution in [2.75, 3.05) is 14.1 Å². The molecule has 0 aliphatic carbocycles. The molecule has 100 valence electrons. The molecule has 0 N–H and O–H groups in total. The fourth-order valence-electron chi connectivity index (χ4n) is 1.30. The van der Waals surface area contributed by atoms with Gasteiger partial charge in [0.05, 0.1) is 6.54 Å². The van der Waals surface area contributed by atoms with E-state index in [1.165, 1.54) is 10.3 Å². The molecule has 2 aromatic heterocycles. The molecule has 0 saturated carbocycles. The molecule has 0 fully saturated rings. The van der Waals surface area contributed by atoms with E-state index in [1.807, 2.05) is 30.8 Å². The van der Waals surface area contributed by atoms with Crippen LogP contribution in [0, 0.1) is 3.95 Å². The summed E-state index contributed by atoms with van der Waals surface area (Å²) < 4.78 is 2.80. The largest absolute Gasteiger partial charge is 0.353 e. The fourth-order valence-corrected chi connectivity index (χ4v) is 3.87. The Morgan fingerprint density at radius 2 is 2.05 bits per heavy atom. The fraction of sp³-hybridized carbons (Fsp3) is 0.273. The summed E-state index contributed by atoms with van der Waals surface area (Å²) in [5, 5.41) is 0.549. The number of pyridine rings is 1. The molecular weight excluding hydrogens is 316 g/mol. The zero-order valence-corrected chi connectivity index (χ0v) is 13.7. The van der Waals surface area contributed by atoms with Gasteiger partial charge in [0.15, 0.2) is 9.07 Å². The highest BCUT2D eigenvalue weighted by Crippen LogP contribution is 2.08. The van der Waals surface area contributed by atoms with Gasteiger partial charge >= 0.3 is 0 Å². The molecule has 0 radical (unpaired) electrons. The van der Waals surface area contributed by atoms with E-state index < -0.39 is 0 Å². The van der Waals surface area contributed by atoms with E-state index >= 15 is 0 Å². The van der Waals surface area contributed by atoms with Crippen molar-refractivity contribution in [3.63, 3.8) is 0 Å². The SMILES string of the molecule is CN(C)C(=S)N=c1ssc(=S)n1Cc1ccncc1. The van der Waals surface area contributed by atoms with Crippen molar-refractivity contribution < 1.29 is 0 Å². The maximum atomic E-state index is 5.35. The van der Waals surface area contributed by atoms with Crippen LogP contribution in [0.25, 0.3) is 0 Å². The Hall–Kier alpha value is -0.960. The van der Waals surface area contributed by atoms with Crippen molar-refractivity contribution in [3.05, 3.63) is 38.8 Å². The number of rotatable bonds is 2. The summed E-state index contributed by atoms with van der Waals surface area (Å²) in [5.41, 5.74) is 1.14. The molecule has 0 aliphatic heterocycles. The van der Waals surface area contributed by atoms with E-state index in [2.05, 4.69) is 9.98 Å². The van der Waals surface area contributed by atoms with Gasteiger partial charge in [0, 0.05) is 26.5 Å². The quantitative estimate of drug-likeness (QED) is 0.627. The third-order valence-electron chi connectivity index (χ3n) is 2.30. The van der Waals surface area contributed by atoms with Gasteiger partial charge in [-0.3, -0.25) is 9.55 Å². The molecule has 19 heavy (non-hydrogen) atoms. The molecule has 0 atom stereocenters. The van der Waals surface area contributed by atoms with Gasteiger partial charge in [-0.1, -0.05) is 0 Å². The van der Waals surface area contributed by atoms with E-state index in [1.54, 1.807) is 27.6 Å². The van der Waals surface area contributed by atoms with E-state index in [0.717, 1.165) is 14.3 Å². The van der Waals surface area contributed by atoms with Crippen molar-refractivity contribution >= 4 is 50.2 Å². The summed E-state index contributed by atoms with van der Waals surface area (Å²) in [6.07, 6.45) is 3.55. The molecule has 2 aromatic rings. The van der Waals surface area contributed by atoms with Gasteiger partial charge in [-0.25, -0.2) is 0 Å². The number of aromatic nitrogens is 2. The van der Waals surface area contributed by atoms with Crippen LogP contribution in [0.1, 0.15) is 5.56 Å². The van der Waals surface area contributed by atoms with Gasteiger partial charge in [-0.2, -0.15) is 4.99 Å². The Morgan fingerprint density at radius 1 is 1.37 bits per heavy atom. The lowest BCUT2D eigenvalue weighted by atomic mass is 10.3. The smallest absolute Gasteiger partial charge is 0.204 e. The molecule has 8 heteroatoms. The van der Waals surface area contributed by atoms with Crippen LogP contribution in [0.4, 0.5) is 0 Å². The first-order valence-electron chi connectivity index (χ1n) is 5.43. The summed E-state index contributed by atoms with van der Waals surface area (Å²) in [4.78, 5) is 11.1. The van der Waals surface area contributed by atoms with Crippen LogP contribution in [-0.2, 0) is 6.54 Å². The van der Waals surface area contributed by atoms with Gasteiger partial charge in [0.25, 0.3) is 0 Å². The third-order valence-corrected chi connectivity index (χ3v) is 5.62. The minimum absolute atomic E-state index is 0.549. The molecule has 0 bridgehead atoms. The molecule has 2 rings (SSSR count). The lowest BCUT2D eigenvalue weighted by Gasteiger charge is -2.08. The van der Waals surface area contributed by atoms with Crippen LogP contribution in [-0.4, -0.2) is 33.7 Å². The van der Waals surface area contributed by atoms with Crippen molar-refractivity contribution in [3.8, 4) is 0 Å². The molecule has 0 saturated heterocycles. The molecule has 2 heterocycles. The monoisotopic (exact) mass is 328 g/mol. The summed E-state index contributed by atoms with van der Waals surface area (Å²) in [6.45, 7) is 0.691. The Bertz CT molecular complexity index is 680. The highest BCUT2D eigenvalue weighted by molar-refractivity contribution is 7.80. The van der Waals surface area contributed by atoms with E-state index in [9.17, 15) is 0 Å². The van der Waals surface area contributed by atoms with E-state index in [-0.39, 0.29) is 0 Å². The summed E-state index contributed by atoms with van der Waals surface area (Å²) in [6, 6.07) is 3.94. The van der Waals surface area contributed by atoms with E-state index in [0.29, 0.717) is 11.7 Å². The zero-order valence-electron chi connectivity index (χ0n) is 10.4. The minimum atomic E-state index is 0.549. The van der Waals surface area contributed by atoms with Gasteiger partial charge in [0.1, 0.15) is 0 Å². The molecule has 0 aliphatic rings. The van der Waals surface area contributed by atoms with Crippen molar-refractivity contribution in [2.45, 2.75) is 6.54 Å². The Kier molecular flexibility index (Phi) is 4.92. The Balaban J connectivity index is 2.39. The molecule has 0 unspecified atom stereocenters. The van der Waals surface area contributed by atoms with Crippen LogP contribution in [0.2, 0.25) is 0 Å². The second-order valence-electron chi connectivity index (χ2n) is 3.95. The van der Waals surface area contributed by atoms with Crippen LogP contribution in [0.5, 0.6) is 0 Å². The highest BCUT2D eigenvalue weighted by Gasteiger charge is 2.03. The molecule has 0 amide bonds. The minimum Gasteiger partial charge on any atom is -0.353 e. The second kappa shape index (κ2) is 6.47. The third kappa shape index (κ3) is 3.75. The predicted octanol–water partition coefficient (Wildman–Crippen LogP) is 2.53. The van der Waals surface area contributed by atoms with Crippen molar-refractivity contribution in [2.24, 2.45) is 4.99 Å². The van der Waals surface area contributed by atoms with Crippen LogP contribution < -0.4 is 4.80 Å². The number of hydrogen-bond donors (Lipinski definition) is 0. The lowest BCUT2D eigenvalue weighted by Crippen LogP contribution is -2.23. The standard InChI is InChI=1S/C11H12N4S4/c1-14(2)9(16)13-10-15(11(17)19-18-10)7-8-3-5-12-6-4-8/h3-6H,7H2,1-2H3. The number of nitrogens with zero attached hydrogens (tertiary/aromatic N) is 4. The van der Waals surface area contributed by atoms with E-state index in [4.69, 9.17) is 24.4 Å². The van der Waals surface area contributed by atoms with Gasteiger partial charge in [0.2, 0.25) is 4.80 Å². The number of thiocarbonyl (C=S) groups is 1. The Morgan fingerprint density at radius 3 is 2.68 bits per heavy atom. The molecular formula is C11H12N4S4. The predicted molar refractivity (Wildman–Crippen MR) is 86.2 cm³/mol. The summed E-state index contributed by atoms with van der Waals surface area (Å²) >= 11 is 10.6. The Labute approximate surface area is 129 Å². The average Bonchev–Trinajstić information content (AvgIpc) is 2.72. The van der Waals surface area contributed by atoms with Gasteiger partial charge < -0.3 is 4.90 Å². The first-order valence-corrected chi connectivity index (χ1v) is 8.39. The second-order valence-corrected chi connectivity index (χ2v) is 7.04. The lowest BCUT2D eigenvalue weighted by molar-refractivity contribution is 0.624. The van der Waals surface area contributed by atoms with Crippen molar-refractivity contribution in [1.82, 2.24) is 14.5 Å². The number of hydrogen-bond acceptors (Lipinski definition) is 5. The van der Waals surface area contributed by atoms with Crippen molar-refractivity contribution in [1.29, 1.82) is 0 Å². The highest BCUT2D eigenvalue weighted by atomic mass is 32.9. The summed E-state index contributed by atoms with van der Waals surface area (Å²) in [5.74, 6) is 0. The van der Waals surface area contributed by atoms with Crippen LogP contribution >= 0.6 is 45.1 Å². The first-order chi connectivity index (χ1) is 9.08.